The number of aromatic nitrogens is 1. The van der Waals surface area contributed by atoms with Crippen LogP contribution in [0.2, 0.25) is 0 Å². The van der Waals surface area contributed by atoms with E-state index >= 15 is 0 Å². The van der Waals surface area contributed by atoms with Crippen molar-refractivity contribution in [2.24, 2.45) is 0 Å². The van der Waals surface area contributed by atoms with Crippen LogP contribution in [0.1, 0.15) is 22.0 Å². The molecule has 96 valence electrons. The van der Waals surface area contributed by atoms with Gasteiger partial charge in [-0.2, -0.15) is 0 Å². The van der Waals surface area contributed by atoms with E-state index in [0.717, 1.165) is 30.3 Å². The third-order valence-corrected chi connectivity index (χ3v) is 4.51. The average Bonchev–Trinajstić information content (AvgIpc) is 2.89. The molecular formula is C12H20N2O2S. The molecule has 17 heavy (non-hydrogen) atoms. The molecule has 1 aromatic heterocycles. The maximum absolute atomic E-state index is 5.56. The Labute approximate surface area is 106 Å². The monoisotopic (exact) mass is 256 g/mol. The van der Waals surface area contributed by atoms with Gasteiger partial charge < -0.3 is 14.8 Å². The van der Waals surface area contributed by atoms with Crippen LogP contribution in [0.4, 0.5) is 0 Å². The van der Waals surface area contributed by atoms with E-state index in [4.69, 9.17) is 9.47 Å². The van der Waals surface area contributed by atoms with Crippen molar-refractivity contribution in [3.8, 4) is 0 Å². The van der Waals surface area contributed by atoms with Crippen LogP contribution in [0, 0.1) is 13.8 Å². The summed E-state index contributed by atoms with van der Waals surface area (Å²) in [4.78, 5) is 5.97. The first kappa shape index (κ1) is 13.0. The van der Waals surface area contributed by atoms with E-state index in [1.54, 1.807) is 18.4 Å². The normalized spacial score (nSPS) is 24.4. The minimum Gasteiger partial charge on any atom is -0.383 e. The lowest BCUT2D eigenvalue weighted by molar-refractivity contribution is 0.152. The fourth-order valence-corrected chi connectivity index (χ4v) is 3.11. The Morgan fingerprint density at radius 2 is 2.35 bits per heavy atom. The number of thiazole rings is 1. The highest BCUT2D eigenvalue weighted by molar-refractivity contribution is 7.11. The van der Waals surface area contributed by atoms with E-state index in [1.165, 1.54) is 4.88 Å². The number of rotatable bonds is 5. The van der Waals surface area contributed by atoms with Crippen molar-refractivity contribution in [2.75, 3.05) is 33.5 Å². The van der Waals surface area contributed by atoms with Crippen LogP contribution in [-0.4, -0.2) is 38.5 Å². The second-order valence-electron chi connectivity index (χ2n) is 4.46. The summed E-state index contributed by atoms with van der Waals surface area (Å²) in [5, 5.41) is 4.70. The van der Waals surface area contributed by atoms with E-state index in [-0.39, 0.29) is 5.54 Å². The highest BCUT2D eigenvalue weighted by atomic mass is 32.1. The molecule has 1 atom stereocenters. The summed E-state index contributed by atoms with van der Waals surface area (Å²) < 4.78 is 10.6. The van der Waals surface area contributed by atoms with Crippen LogP contribution in [0.25, 0.3) is 0 Å². The summed E-state index contributed by atoms with van der Waals surface area (Å²) in [6, 6.07) is 0. The van der Waals surface area contributed by atoms with Crippen LogP contribution >= 0.6 is 11.3 Å². The molecule has 1 aromatic rings. The molecule has 5 heteroatoms. The van der Waals surface area contributed by atoms with Gasteiger partial charge in [0.25, 0.3) is 0 Å². The Morgan fingerprint density at radius 1 is 1.53 bits per heavy atom. The molecular weight excluding hydrogens is 236 g/mol. The number of methoxy groups -OCH3 is 1. The topological polar surface area (TPSA) is 43.4 Å². The highest BCUT2D eigenvalue weighted by Gasteiger charge is 2.39. The number of nitrogens with zero attached hydrogens (tertiary/aromatic N) is 1. The summed E-state index contributed by atoms with van der Waals surface area (Å²) in [6.07, 6.45) is 0.989. The molecule has 0 bridgehead atoms. The van der Waals surface area contributed by atoms with Crippen LogP contribution < -0.4 is 5.32 Å². The van der Waals surface area contributed by atoms with Gasteiger partial charge >= 0.3 is 0 Å². The van der Waals surface area contributed by atoms with Gasteiger partial charge in [-0.15, -0.1) is 11.3 Å². The van der Waals surface area contributed by atoms with E-state index in [0.29, 0.717) is 13.2 Å². The fraction of sp³-hybridized carbons (Fsp3) is 0.750. The van der Waals surface area contributed by atoms with E-state index in [9.17, 15) is 0 Å². The molecule has 0 aromatic carbocycles. The smallest absolute Gasteiger partial charge is 0.116 e. The molecule has 1 unspecified atom stereocenters. The highest BCUT2D eigenvalue weighted by Crippen LogP contribution is 2.34. The molecule has 1 N–H and O–H groups in total. The van der Waals surface area contributed by atoms with Gasteiger partial charge in [0, 0.05) is 25.1 Å². The number of nitrogens with one attached hydrogen (secondary N) is 1. The zero-order chi connectivity index (χ0) is 12.3. The van der Waals surface area contributed by atoms with Gasteiger partial charge in [-0.25, -0.2) is 4.98 Å². The number of hydrogen-bond acceptors (Lipinski definition) is 5. The standard InChI is InChI=1S/C12H20N2O2S/c1-9-10(2)17-11(14-9)12(4-6-16-8-12)13-5-7-15-3/h13H,4-8H2,1-3H3. The van der Waals surface area contributed by atoms with Gasteiger partial charge in [-0.3, -0.25) is 0 Å². The van der Waals surface area contributed by atoms with Crippen molar-refractivity contribution in [1.29, 1.82) is 0 Å². The number of aryl methyl sites for hydroxylation is 2. The predicted octanol–water partition coefficient (Wildman–Crippen LogP) is 1.61. The SMILES string of the molecule is COCCNC1(c2nc(C)c(C)s2)CCOC1. The zero-order valence-electron chi connectivity index (χ0n) is 10.7. The molecule has 0 radical (unpaired) electrons. The molecule has 1 fully saturated rings. The molecule has 4 nitrogen and oxygen atoms in total. The van der Waals surface area contributed by atoms with Crippen molar-refractivity contribution >= 4 is 11.3 Å². The summed E-state index contributed by atoms with van der Waals surface area (Å²) in [5.74, 6) is 0. The van der Waals surface area contributed by atoms with E-state index in [2.05, 4.69) is 24.1 Å². The van der Waals surface area contributed by atoms with Gasteiger partial charge in [0.2, 0.25) is 0 Å². The second kappa shape index (κ2) is 5.44. The second-order valence-corrected chi connectivity index (χ2v) is 5.67. The Hall–Kier alpha value is -0.490. The molecule has 1 saturated heterocycles. The first-order valence-electron chi connectivity index (χ1n) is 5.94. The van der Waals surface area contributed by atoms with Crippen LogP contribution in [0.15, 0.2) is 0 Å². The summed E-state index contributed by atoms with van der Waals surface area (Å²) in [7, 11) is 1.72. The molecule has 1 aliphatic heterocycles. The fourth-order valence-electron chi connectivity index (χ4n) is 2.02. The third-order valence-electron chi connectivity index (χ3n) is 3.23. The quantitative estimate of drug-likeness (QED) is 0.813. The van der Waals surface area contributed by atoms with Crippen molar-refractivity contribution in [2.45, 2.75) is 25.8 Å². The van der Waals surface area contributed by atoms with Crippen LogP contribution in [0.5, 0.6) is 0 Å². The van der Waals surface area contributed by atoms with Crippen molar-refractivity contribution in [3.63, 3.8) is 0 Å². The molecule has 2 rings (SSSR count). The van der Waals surface area contributed by atoms with E-state index in [1.807, 2.05) is 0 Å². The summed E-state index contributed by atoms with van der Waals surface area (Å²) in [6.45, 7) is 7.24. The molecule has 0 amide bonds. The van der Waals surface area contributed by atoms with Crippen molar-refractivity contribution in [3.05, 3.63) is 15.6 Å². The Morgan fingerprint density at radius 3 is 2.88 bits per heavy atom. The van der Waals surface area contributed by atoms with Crippen LogP contribution in [-0.2, 0) is 15.0 Å². The van der Waals surface area contributed by atoms with Gasteiger partial charge in [-0.05, 0) is 20.3 Å². The van der Waals surface area contributed by atoms with Crippen molar-refractivity contribution in [1.82, 2.24) is 10.3 Å². The van der Waals surface area contributed by atoms with Gasteiger partial charge in [-0.1, -0.05) is 0 Å². The summed E-state index contributed by atoms with van der Waals surface area (Å²) >= 11 is 1.77. The first-order chi connectivity index (χ1) is 8.18. The van der Waals surface area contributed by atoms with Crippen LogP contribution in [0.3, 0.4) is 0 Å². The lowest BCUT2D eigenvalue weighted by Crippen LogP contribution is -2.44. The molecule has 0 spiro atoms. The molecule has 2 heterocycles. The Bertz CT molecular complexity index is 353. The molecule has 0 aliphatic carbocycles. The molecule has 1 aliphatic rings. The first-order valence-corrected chi connectivity index (χ1v) is 6.76. The van der Waals surface area contributed by atoms with Gasteiger partial charge in [0.15, 0.2) is 0 Å². The maximum Gasteiger partial charge on any atom is 0.116 e. The summed E-state index contributed by atoms with van der Waals surface area (Å²) in [5.41, 5.74) is 1.03. The lowest BCUT2D eigenvalue weighted by Gasteiger charge is -2.26. The predicted molar refractivity (Wildman–Crippen MR) is 68.6 cm³/mol. The Balaban J connectivity index is 2.15. The molecule has 0 saturated carbocycles. The average molecular weight is 256 g/mol. The van der Waals surface area contributed by atoms with Gasteiger partial charge in [0.05, 0.1) is 24.4 Å². The third kappa shape index (κ3) is 2.68. The Kier molecular flexibility index (Phi) is 4.14. The number of hydrogen-bond donors (Lipinski definition) is 1. The number of ether oxygens (including phenoxy) is 2. The van der Waals surface area contributed by atoms with Gasteiger partial charge in [0.1, 0.15) is 5.01 Å². The largest absolute Gasteiger partial charge is 0.383 e. The lowest BCUT2D eigenvalue weighted by atomic mass is 10.00. The van der Waals surface area contributed by atoms with E-state index < -0.39 is 0 Å². The zero-order valence-corrected chi connectivity index (χ0v) is 11.5. The minimum atomic E-state index is -0.0950. The maximum atomic E-state index is 5.56. The minimum absolute atomic E-state index is 0.0950. The van der Waals surface area contributed by atoms with Crippen molar-refractivity contribution < 1.29 is 9.47 Å².